The molecule has 1 heterocycles. The van der Waals surface area contributed by atoms with Gasteiger partial charge in [0, 0.05) is 6.04 Å². The molecule has 1 N–H and O–H groups in total. The highest BCUT2D eigenvalue weighted by Gasteiger charge is 2.06. The molecule has 11 heavy (non-hydrogen) atoms. The second-order valence-corrected chi connectivity index (χ2v) is 3.45. The van der Waals surface area contributed by atoms with Crippen LogP contribution in [0.15, 0.2) is 11.4 Å². The van der Waals surface area contributed by atoms with Gasteiger partial charge in [0.2, 0.25) is 0 Å². The number of rotatable bonds is 2. The molecular weight excluding hydrogens is 158 g/mol. The van der Waals surface area contributed by atoms with Gasteiger partial charge >= 0.3 is 0 Å². The zero-order chi connectivity index (χ0) is 8.27. The van der Waals surface area contributed by atoms with E-state index in [0.717, 1.165) is 4.88 Å². The minimum Gasteiger partial charge on any atom is -0.349 e. The monoisotopic (exact) mass is 168 g/mol. The highest BCUT2D eigenvalue weighted by Crippen LogP contribution is 2.07. The van der Waals surface area contributed by atoms with E-state index in [2.05, 4.69) is 11.4 Å². The molecule has 0 unspecified atom stereocenters. The summed E-state index contributed by atoms with van der Waals surface area (Å²) >= 11 is 1.41. The van der Waals surface area contributed by atoms with Gasteiger partial charge in [-0.15, -0.1) is 11.3 Å². The van der Waals surface area contributed by atoms with Gasteiger partial charge in [-0.2, -0.15) is 0 Å². The van der Waals surface area contributed by atoms with E-state index in [1.807, 2.05) is 13.8 Å². The lowest BCUT2D eigenvalue weighted by atomic mass is 10.3. The minimum absolute atomic E-state index is 0.00810. The average molecular weight is 168 g/mol. The fraction of sp³-hybridized carbons (Fsp3) is 0.375. The van der Waals surface area contributed by atoms with Crippen molar-refractivity contribution in [1.82, 2.24) is 5.32 Å². The summed E-state index contributed by atoms with van der Waals surface area (Å²) < 4.78 is 0. The molecule has 1 aromatic heterocycles. The number of carbonyl (C=O) groups excluding carboxylic acids is 1. The Bertz CT molecular complexity index is 228. The lowest BCUT2D eigenvalue weighted by molar-refractivity contribution is 0.0947. The van der Waals surface area contributed by atoms with Crippen molar-refractivity contribution in [3.05, 3.63) is 22.4 Å². The van der Waals surface area contributed by atoms with Gasteiger partial charge in [0.05, 0.1) is 4.88 Å². The standard InChI is InChI=1S/C8H10NOS/c1-6(2)9-8(10)7-4-3-5-11-7/h4-6H,1-2H3,(H,9,10). The Kier molecular flexibility index (Phi) is 2.65. The number of thiophene rings is 1. The molecule has 0 fully saturated rings. The molecule has 0 aromatic carbocycles. The van der Waals surface area contributed by atoms with Crippen LogP contribution in [-0.4, -0.2) is 11.9 Å². The number of amides is 1. The number of nitrogens with one attached hydrogen (secondary N) is 1. The van der Waals surface area contributed by atoms with Crippen LogP contribution in [0.5, 0.6) is 0 Å². The van der Waals surface area contributed by atoms with E-state index in [0.29, 0.717) is 0 Å². The van der Waals surface area contributed by atoms with E-state index in [4.69, 9.17) is 0 Å². The van der Waals surface area contributed by atoms with Crippen LogP contribution in [0, 0.1) is 6.07 Å². The topological polar surface area (TPSA) is 29.1 Å². The maximum atomic E-state index is 11.2. The molecule has 1 aromatic rings. The molecule has 0 aliphatic heterocycles. The van der Waals surface area contributed by atoms with Crippen LogP contribution in [0.3, 0.4) is 0 Å². The third-order valence-electron chi connectivity index (χ3n) is 1.11. The lowest BCUT2D eigenvalue weighted by Crippen LogP contribution is -2.29. The SMILES string of the molecule is CC(C)NC(=O)c1c[c]cs1. The smallest absolute Gasteiger partial charge is 0.261 e. The Morgan fingerprint density at radius 3 is 2.91 bits per heavy atom. The van der Waals surface area contributed by atoms with Crippen LogP contribution in [0.25, 0.3) is 0 Å². The second kappa shape index (κ2) is 3.53. The maximum absolute atomic E-state index is 11.2. The minimum atomic E-state index is -0.00810. The van der Waals surface area contributed by atoms with Gasteiger partial charge < -0.3 is 5.32 Å². The fourth-order valence-corrected chi connectivity index (χ4v) is 1.26. The van der Waals surface area contributed by atoms with Crippen molar-refractivity contribution in [2.45, 2.75) is 19.9 Å². The summed E-state index contributed by atoms with van der Waals surface area (Å²) in [6, 6.07) is 4.74. The Balaban J connectivity index is 2.57. The van der Waals surface area contributed by atoms with Crippen LogP contribution in [0.2, 0.25) is 0 Å². The van der Waals surface area contributed by atoms with Gasteiger partial charge in [0.25, 0.3) is 5.91 Å². The van der Waals surface area contributed by atoms with E-state index in [-0.39, 0.29) is 11.9 Å². The predicted molar refractivity (Wildman–Crippen MR) is 45.8 cm³/mol. The summed E-state index contributed by atoms with van der Waals surface area (Å²) in [7, 11) is 0. The van der Waals surface area contributed by atoms with Gasteiger partial charge in [-0.1, -0.05) is 0 Å². The normalized spacial score (nSPS) is 10.1. The molecule has 59 valence electrons. The predicted octanol–water partition coefficient (Wildman–Crippen LogP) is 1.69. The van der Waals surface area contributed by atoms with Gasteiger partial charge in [-0.05, 0) is 31.4 Å². The highest BCUT2D eigenvalue weighted by atomic mass is 32.1. The Morgan fingerprint density at radius 2 is 2.45 bits per heavy atom. The molecule has 0 aliphatic rings. The third-order valence-corrected chi connectivity index (χ3v) is 1.92. The lowest BCUT2D eigenvalue weighted by Gasteiger charge is -2.05. The average Bonchev–Trinajstić information content (AvgIpc) is 2.35. The third kappa shape index (κ3) is 2.35. The number of carbonyl (C=O) groups is 1. The Hall–Kier alpha value is -0.830. The van der Waals surface area contributed by atoms with Gasteiger partial charge in [0.1, 0.15) is 0 Å². The van der Waals surface area contributed by atoms with E-state index >= 15 is 0 Å². The van der Waals surface area contributed by atoms with E-state index < -0.39 is 0 Å². The van der Waals surface area contributed by atoms with Crippen LogP contribution in [-0.2, 0) is 0 Å². The van der Waals surface area contributed by atoms with Crippen molar-refractivity contribution in [3.63, 3.8) is 0 Å². The molecule has 0 aliphatic carbocycles. The van der Waals surface area contributed by atoms with E-state index in [1.165, 1.54) is 11.3 Å². The molecule has 0 saturated carbocycles. The number of hydrogen-bond acceptors (Lipinski definition) is 2. The summed E-state index contributed by atoms with van der Waals surface area (Å²) in [5.41, 5.74) is 0. The van der Waals surface area contributed by atoms with Crippen molar-refractivity contribution in [3.8, 4) is 0 Å². The summed E-state index contributed by atoms with van der Waals surface area (Å²) in [6.45, 7) is 3.88. The zero-order valence-corrected chi connectivity index (χ0v) is 7.37. The molecular formula is C8H10NOS. The van der Waals surface area contributed by atoms with Crippen LogP contribution in [0.1, 0.15) is 23.5 Å². The summed E-state index contributed by atoms with van der Waals surface area (Å²) in [6.07, 6.45) is 0. The second-order valence-electron chi connectivity index (χ2n) is 2.54. The summed E-state index contributed by atoms with van der Waals surface area (Å²) in [5.74, 6) is -0.00810. The molecule has 0 bridgehead atoms. The quantitative estimate of drug-likeness (QED) is 0.715. The maximum Gasteiger partial charge on any atom is 0.261 e. The van der Waals surface area contributed by atoms with Crippen molar-refractivity contribution >= 4 is 17.2 Å². The summed E-state index contributed by atoms with van der Waals surface area (Å²) in [5, 5.41) is 4.57. The van der Waals surface area contributed by atoms with E-state index in [9.17, 15) is 4.79 Å². The molecule has 1 radical (unpaired) electrons. The molecule has 1 rings (SSSR count). The highest BCUT2D eigenvalue weighted by molar-refractivity contribution is 7.12. The van der Waals surface area contributed by atoms with Crippen molar-refractivity contribution in [2.75, 3.05) is 0 Å². The zero-order valence-electron chi connectivity index (χ0n) is 6.55. The number of hydrogen-bond donors (Lipinski definition) is 1. The van der Waals surface area contributed by atoms with Crippen molar-refractivity contribution in [1.29, 1.82) is 0 Å². The first-order valence-electron chi connectivity index (χ1n) is 3.45. The Labute approximate surface area is 70.2 Å². The Morgan fingerprint density at radius 1 is 1.73 bits per heavy atom. The van der Waals surface area contributed by atoms with Crippen molar-refractivity contribution < 1.29 is 4.79 Å². The molecule has 0 saturated heterocycles. The largest absolute Gasteiger partial charge is 0.349 e. The molecule has 3 heteroatoms. The van der Waals surface area contributed by atoms with Gasteiger partial charge in [-0.3, -0.25) is 4.79 Å². The fourth-order valence-electron chi connectivity index (χ4n) is 0.694. The molecule has 0 spiro atoms. The van der Waals surface area contributed by atoms with Crippen LogP contribution in [0.4, 0.5) is 0 Å². The molecule has 0 atom stereocenters. The van der Waals surface area contributed by atoms with Crippen LogP contribution < -0.4 is 5.32 Å². The first-order chi connectivity index (χ1) is 5.20. The first-order valence-corrected chi connectivity index (χ1v) is 4.33. The first kappa shape index (κ1) is 8.27. The van der Waals surface area contributed by atoms with Gasteiger partial charge in [0.15, 0.2) is 0 Å². The van der Waals surface area contributed by atoms with Crippen LogP contribution >= 0.6 is 11.3 Å². The van der Waals surface area contributed by atoms with E-state index in [1.54, 1.807) is 11.4 Å². The molecule has 1 amide bonds. The van der Waals surface area contributed by atoms with Gasteiger partial charge in [-0.25, -0.2) is 0 Å². The van der Waals surface area contributed by atoms with Crippen molar-refractivity contribution in [2.24, 2.45) is 0 Å². The molecule has 2 nitrogen and oxygen atoms in total. The summed E-state index contributed by atoms with van der Waals surface area (Å²) in [4.78, 5) is 11.9.